The molecule has 0 saturated heterocycles. The fraction of sp³-hybridized carbons (Fsp3) is 0.500. The molecular weight excluding hydrogens is 150 g/mol. The van der Waals surface area contributed by atoms with E-state index in [9.17, 15) is 4.79 Å². The second kappa shape index (κ2) is 5.58. The Bertz CT molecular complexity index is 204. The van der Waals surface area contributed by atoms with Crippen LogP contribution in [0.5, 0.6) is 0 Å². The third-order valence-electron chi connectivity index (χ3n) is 1.55. The molecule has 0 rings (SSSR count). The van der Waals surface area contributed by atoms with Crippen molar-refractivity contribution in [3.63, 3.8) is 0 Å². The van der Waals surface area contributed by atoms with E-state index < -0.39 is 0 Å². The number of carbonyl (C=O) groups is 1. The van der Waals surface area contributed by atoms with Gasteiger partial charge in [0.2, 0.25) is 5.91 Å². The molecule has 2 nitrogen and oxygen atoms in total. The van der Waals surface area contributed by atoms with Crippen molar-refractivity contribution in [1.82, 2.24) is 5.32 Å². The van der Waals surface area contributed by atoms with Crippen LogP contribution >= 0.6 is 0 Å². The highest BCUT2D eigenvalue weighted by Gasteiger charge is 1.99. The maximum absolute atomic E-state index is 11.1. The van der Waals surface area contributed by atoms with Crippen LogP contribution in [0.25, 0.3) is 0 Å². The van der Waals surface area contributed by atoms with Crippen molar-refractivity contribution < 1.29 is 4.79 Å². The molecule has 0 heterocycles. The van der Waals surface area contributed by atoms with Gasteiger partial charge in [-0.1, -0.05) is 11.6 Å². The van der Waals surface area contributed by atoms with Crippen molar-refractivity contribution in [2.75, 3.05) is 0 Å². The Morgan fingerprint density at radius 1 is 1.42 bits per heavy atom. The highest BCUT2D eigenvalue weighted by molar-refractivity contribution is 5.77. The first kappa shape index (κ1) is 11.0. The minimum absolute atomic E-state index is 0.0635. The van der Waals surface area contributed by atoms with Crippen LogP contribution in [0.4, 0.5) is 0 Å². The van der Waals surface area contributed by atoms with Gasteiger partial charge in [-0.05, 0) is 27.2 Å². The number of hydrogen-bond donors (Lipinski definition) is 1. The normalized spacial score (nSPS) is 11.1. The predicted molar refractivity (Wildman–Crippen MR) is 51.6 cm³/mol. The van der Waals surface area contributed by atoms with Gasteiger partial charge in [-0.15, -0.1) is 6.58 Å². The second-order valence-corrected chi connectivity index (χ2v) is 2.98. The molecule has 0 fully saturated rings. The van der Waals surface area contributed by atoms with E-state index in [0.29, 0.717) is 6.42 Å². The lowest BCUT2D eigenvalue weighted by molar-refractivity contribution is -0.120. The summed E-state index contributed by atoms with van der Waals surface area (Å²) in [6, 6.07) is 0. The van der Waals surface area contributed by atoms with E-state index in [1.54, 1.807) is 0 Å². The third-order valence-corrected chi connectivity index (χ3v) is 1.55. The number of rotatable bonds is 4. The van der Waals surface area contributed by atoms with E-state index in [-0.39, 0.29) is 5.91 Å². The molecule has 0 unspecified atom stereocenters. The fourth-order valence-corrected chi connectivity index (χ4v) is 0.682. The van der Waals surface area contributed by atoms with E-state index in [0.717, 1.165) is 17.7 Å². The molecule has 12 heavy (non-hydrogen) atoms. The van der Waals surface area contributed by atoms with Crippen LogP contribution in [0.15, 0.2) is 23.9 Å². The molecule has 0 saturated carbocycles. The van der Waals surface area contributed by atoms with Gasteiger partial charge >= 0.3 is 0 Å². The van der Waals surface area contributed by atoms with Gasteiger partial charge in [0.1, 0.15) is 0 Å². The van der Waals surface area contributed by atoms with E-state index in [4.69, 9.17) is 0 Å². The molecular formula is C10H17NO. The van der Waals surface area contributed by atoms with Gasteiger partial charge in [-0.2, -0.15) is 0 Å². The molecule has 0 aromatic rings. The lowest BCUT2D eigenvalue weighted by Gasteiger charge is -2.03. The smallest absolute Gasteiger partial charge is 0.224 e. The van der Waals surface area contributed by atoms with Gasteiger partial charge in [0, 0.05) is 12.1 Å². The van der Waals surface area contributed by atoms with Crippen molar-refractivity contribution >= 4 is 5.91 Å². The monoisotopic (exact) mass is 167 g/mol. The van der Waals surface area contributed by atoms with E-state index in [1.165, 1.54) is 0 Å². The standard InChI is InChI=1S/C10H17NO/c1-5-9(4)11-10(12)7-6-8(2)3/h5H,2,6-7H2,1,3-4H3,(H,11,12). The molecule has 0 spiro atoms. The third kappa shape index (κ3) is 5.71. The number of allylic oxidation sites excluding steroid dienone is 3. The summed E-state index contributed by atoms with van der Waals surface area (Å²) in [5.41, 5.74) is 1.95. The summed E-state index contributed by atoms with van der Waals surface area (Å²) in [5.74, 6) is 0.0635. The van der Waals surface area contributed by atoms with Crippen LogP contribution in [0.1, 0.15) is 33.6 Å². The van der Waals surface area contributed by atoms with Crippen molar-refractivity contribution in [1.29, 1.82) is 0 Å². The van der Waals surface area contributed by atoms with Gasteiger partial charge in [-0.25, -0.2) is 0 Å². The zero-order chi connectivity index (χ0) is 9.56. The Morgan fingerprint density at radius 3 is 2.42 bits per heavy atom. The van der Waals surface area contributed by atoms with E-state index in [1.807, 2.05) is 26.8 Å². The SMILES string of the molecule is C=C(C)CCC(=O)NC(C)=CC. The van der Waals surface area contributed by atoms with Crippen LogP contribution < -0.4 is 5.32 Å². The number of amides is 1. The predicted octanol–water partition coefficient (Wildman–Crippen LogP) is 2.38. The Morgan fingerprint density at radius 2 is 2.00 bits per heavy atom. The van der Waals surface area contributed by atoms with Crippen LogP contribution in [-0.4, -0.2) is 5.91 Å². The lowest BCUT2D eigenvalue weighted by atomic mass is 10.2. The molecule has 0 aromatic carbocycles. The average molecular weight is 167 g/mol. The quantitative estimate of drug-likeness (QED) is 0.640. The van der Waals surface area contributed by atoms with E-state index >= 15 is 0 Å². The molecule has 2 heteroatoms. The Balaban J connectivity index is 3.68. The highest BCUT2D eigenvalue weighted by atomic mass is 16.1. The van der Waals surface area contributed by atoms with Gasteiger partial charge in [0.25, 0.3) is 0 Å². The van der Waals surface area contributed by atoms with Crippen molar-refractivity contribution in [3.8, 4) is 0 Å². The maximum atomic E-state index is 11.1. The van der Waals surface area contributed by atoms with Crippen molar-refractivity contribution in [3.05, 3.63) is 23.9 Å². The van der Waals surface area contributed by atoms with Crippen molar-refractivity contribution in [2.45, 2.75) is 33.6 Å². The first-order valence-electron chi connectivity index (χ1n) is 4.13. The Kier molecular flexibility index (Phi) is 5.09. The second-order valence-electron chi connectivity index (χ2n) is 2.98. The van der Waals surface area contributed by atoms with Gasteiger partial charge < -0.3 is 5.32 Å². The molecule has 1 N–H and O–H groups in total. The van der Waals surface area contributed by atoms with Crippen LogP contribution in [0.2, 0.25) is 0 Å². The Hall–Kier alpha value is -1.05. The fourth-order valence-electron chi connectivity index (χ4n) is 0.682. The molecule has 0 radical (unpaired) electrons. The first-order chi connectivity index (χ1) is 5.56. The zero-order valence-corrected chi connectivity index (χ0v) is 8.11. The molecule has 0 bridgehead atoms. The Labute approximate surface area is 74.4 Å². The highest BCUT2D eigenvalue weighted by Crippen LogP contribution is 2.00. The van der Waals surface area contributed by atoms with Gasteiger partial charge in [0.15, 0.2) is 0 Å². The van der Waals surface area contributed by atoms with Gasteiger partial charge in [-0.3, -0.25) is 4.79 Å². The van der Waals surface area contributed by atoms with Gasteiger partial charge in [0.05, 0.1) is 0 Å². The average Bonchev–Trinajstić information content (AvgIpc) is 2.00. The maximum Gasteiger partial charge on any atom is 0.224 e. The summed E-state index contributed by atoms with van der Waals surface area (Å²) in [5, 5.41) is 2.77. The minimum Gasteiger partial charge on any atom is -0.330 e. The molecule has 68 valence electrons. The summed E-state index contributed by atoms with van der Waals surface area (Å²) in [6.45, 7) is 9.43. The summed E-state index contributed by atoms with van der Waals surface area (Å²) in [4.78, 5) is 11.1. The summed E-state index contributed by atoms with van der Waals surface area (Å²) < 4.78 is 0. The molecule has 0 aromatic heterocycles. The molecule has 0 atom stereocenters. The summed E-state index contributed by atoms with van der Waals surface area (Å²) in [6.07, 6.45) is 3.17. The summed E-state index contributed by atoms with van der Waals surface area (Å²) >= 11 is 0. The topological polar surface area (TPSA) is 29.1 Å². The van der Waals surface area contributed by atoms with Crippen molar-refractivity contribution in [2.24, 2.45) is 0 Å². The number of carbonyl (C=O) groups excluding carboxylic acids is 1. The van der Waals surface area contributed by atoms with Crippen LogP contribution in [-0.2, 0) is 4.79 Å². The zero-order valence-electron chi connectivity index (χ0n) is 8.11. The number of nitrogens with one attached hydrogen (secondary N) is 1. The lowest BCUT2D eigenvalue weighted by Crippen LogP contribution is -2.20. The molecule has 0 aliphatic carbocycles. The van der Waals surface area contributed by atoms with Crippen LogP contribution in [0, 0.1) is 0 Å². The number of hydrogen-bond acceptors (Lipinski definition) is 1. The summed E-state index contributed by atoms with van der Waals surface area (Å²) in [7, 11) is 0. The molecule has 0 aliphatic heterocycles. The molecule has 0 aliphatic rings. The largest absolute Gasteiger partial charge is 0.330 e. The molecule has 1 amide bonds. The first-order valence-corrected chi connectivity index (χ1v) is 4.13. The minimum atomic E-state index is 0.0635. The van der Waals surface area contributed by atoms with Crippen LogP contribution in [0.3, 0.4) is 0 Å². The van der Waals surface area contributed by atoms with E-state index in [2.05, 4.69) is 11.9 Å².